The van der Waals surface area contributed by atoms with Gasteiger partial charge < -0.3 is 15.4 Å². The van der Waals surface area contributed by atoms with Gasteiger partial charge in [0.2, 0.25) is 0 Å². The molecule has 0 aliphatic heterocycles. The van der Waals surface area contributed by atoms with Crippen molar-refractivity contribution >= 4 is 5.96 Å². The molecule has 2 atom stereocenters. The van der Waals surface area contributed by atoms with Gasteiger partial charge in [0.05, 0.1) is 12.1 Å². The second-order valence-electron chi connectivity index (χ2n) is 5.33. The van der Waals surface area contributed by atoms with Crippen molar-refractivity contribution < 1.29 is 17.9 Å². The van der Waals surface area contributed by atoms with Crippen molar-refractivity contribution in [2.45, 2.75) is 25.6 Å². The number of rotatable bonds is 5. The highest BCUT2D eigenvalue weighted by Crippen LogP contribution is 2.30. The maximum absolute atomic E-state index is 12.4. The van der Waals surface area contributed by atoms with Crippen LogP contribution in [0.5, 0.6) is 5.75 Å². The van der Waals surface area contributed by atoms with E-state index >= 15 is 0 Å². The predicted octanol–water partition coefficient (Wildman–Crippen LogP) is 2.66. The maximum atomic E-state index is 12.4. The Kier molecular flexibility index (Phi) is 5.15. The third-order valence-electron chi connectivity index (χ3n) is 3.50. The first-order chi connectivity index (χ1) is 10.4. The van der Waals surface area contributed by atoms with Crippen molar-refractivity contribution in [2.24, 2.45) is 10.9 Å². The molecular weight excluding hydrogens is 295 g/mol. The highest BCUT2D eigenvalue weighted by atomic mass is 19.4. The summed E-state index contributed by atoms with van der Waals surface area (Å²) in [7, 11) is 1.69. The van der Waals surface area contributed by atoms with Gasteiger partial charge in [-0.15, -0.1) is 0 Å². The first kappa shape index (κ1) is 16.5. The number of nitrogens with one attached hydrogen (secondary N) is 2. The molecule has 2 unspecified atom stereocenters. The Morgan fingerprint density at radius 3 is 2.45 bits per heavy atom. The van der Waals surface area contributed by atoms with Crippen LogP contribution >= 0.6 is 0 Å². The molecule has 1 aliphatic rings. The lowest BCUT2D eigenvalue weighted by atomic mass is 10.2. The van der Waals surface area contributed by atoms with Crippen LogP contribution in [0, 0.1) is 5.92 Å². The number of nitrogens with zero attached hydrogens (tertiary/aromatic N) is 1. The Balaban J connectivity index is 1.69. The van der Waals surface area contributed by atoms with E-state index in [1.54, 1.807) is 7.05 Å². The van der Waals surface area contributed by atoms with Crippen LogP contribution in [0.2, 0.25) is 0 Å². The number of aliphatic imine (C=N–C) groups is 1. The fourth-order valence-corrected chi connectivity index (χ4v) is 1.97. The van der Waals surface area contributed by atoms with Crippen molar-refractivity contribution in [3.63, 3.8) is 0 Å². The second-order valence-corrected chi connectivity index (χ2v) is 5.33. The minimum atomic E-state index is -4.32. The van der Waals surface area contributed by atoms with Gasteiger partial charge in [-0.2, -0.15) is 13.2 Å². The molecular formula is C15H20F3N3O. The molecule has 1 aromatic carbocycles. The largest absolute Gasteiger partial charge is 0.492 e. The third-order valence-corrected chi connectivity index (χ3v) is 3.50. The monoisotopic (exact) mass is 315 g/mol. The zero-order valence-electron chi connectivity index (χ0n) is 12.6. The fraction of sp³-hybridized carbons (Fsp3) is 0.533. The van der Waals surface area contributed by atoms with Crippen LogP contribution in [0.4, 0.5) is 13.2 Å². The average molecular weight is 315 g/mol. The lowest BCUT2D eigenvalue weighted by Gasteiger charge is -2.12. The molecule has 0 heterocycles. The van der Waals surface area contributed by atoms with Gasteiger partial charge in [-0.1, -0.05) is 6.92 Å². The van der Waals surface area contributed by atoms with Crippen LogP contribution in [0.25, 0.3) is 0 Å². The Bertz CT molecular complexity index is 514. The molecule has 1 aliphatic carbocycles. The van der Waals surface area contributed by atoms with Gasteiger partial charge in [0.1, 0.15) is 12.4 Å². The topological polar surface area (TPSA) is 45.7 Å². The number of benzene rings is 1. The minimum absolute atomic E-state index is 0.340. The van der Waals surface area contributed by atoms with E-state index in [2.05, 4.69) is 22.5 Å². The van der Waals surface area contributed by atoms with Crippen molar-refractivity contribution in [2.75, 3.05) is 20.2 Å². The van der Waals surface area contributed by atoms with Crippen LogP contribution in [0.3, 0.4) is 0 Å². The van der Waals surface area contributed by atoms with Gasteiger partial charge in [0.25, 0.3) is 0 Å². The highest BCUT2D eigenvalue weighted by molar-refractivity contribution is 5.80. The second kappa shape index (κ2) is 6.89. The van der Waals surface area contributed by atoms with E-state index in [1.165, 1.54) is 12.1 Å². The lowest BCUT2D eigenvalue weighted by Crippen LogP contribution is -2.40. The van der Waals surface area contributed by atoms with E-state index in [-0.39, 0.29) is 0 Å². The third kappa shape index (κ3) is 4.82. The lowest BCUT2D eigenvalue weighted by molar-refractivity contribution is -0.137. The molecule has 1 aromatic rings. The number of halogens is 3. The molecule has 0 aromatic heterocycles. The van der Waals surface area contributed by atoms with Gasteiger partial charge in [0, 0.05) is 13.1 Å². The number of hydrogen-bond donors (Lipinski definition) is 2. The zero-order chi connectivity index (χ0) is 16.2. The standard InChI is InChI=1S/C15H20F3N3O/c1-10-9-13(10)21-14(19-2)20-7-8-22-12-5-3-11(4-6-12)15(16,17)18/h3-6,10,13H,7-9H2,1-2H3,(H2,19,20,21). The SMILES string of the molecule is CN=C(NCCOc1ccc(C(F)(F)F)cc1)NC1CC1C. The molecule has 0 spiro atoms. The average Bonchev–Trinajstić information content (AvgIpc) is 3.17. The van der Waals surface area contributed by atoms with E-state index in [4.69, 9.17) is 4.74 Å². The summed E-state index contributed by atoms with van der Waals surface area (Å²) in [5, 5.41) is 6.37. The molecule has 2 rings (SSSR count). The van der Waals surface area contributed by atoms with E-state index in [0.717, 1.165) is 18.6 Å². The van der Waals surface area contributed by atoms with Crippen LogP contribution in [0.1, 0.15) is 18.9 Å². The van der Waals surface area contributed by atoms with Gasteiger partial charge in [-0.05, 0) is 36.6 Å². The Hall–Kier alpha value is -1.92. The van der Waals surface area contributed by atoms with Crippen LogP contribution in [0.15, 0.2) is 29.3 Å². The molecule has 1 fully saturated rings. The van der Waals surface area contributed by atoms with Crippen molar-refractivity contribution in [3.05, 3.63) is 29.8 Å². The quantitative estimate of drug-likeness (QED) is 0.499. The molecule has 122 valence electrons. The summed E-state index contributed by atoms with van der Waals surface area (Å²) in [6, 6.07) is 5.14. The van der Waals surface area contributed by atoms with Crippen molar-refractivity contribution in [3.8, 4) is 5.75 Å². The van der Waals surface area contributed by atoms with Crippen molar-refractivity contribution in [1.29, 1.82) is 0 Å². The van der Waals surface area contributed by atoms with E-state index < -0.39 is 11.7 Å². The predicted molar refractivity (Wildman–Crippen MR) is 79.0 cm³/mol. The van der Waals surface area contributed by atoms with Crippen molar-refractivity contribution in [1.82, 2.24) is 10.6 Å². The van der Waals surface area contributed by atoms with E-state index in [9.17, 15) is 13.2 Å². The first-order valence-electron chi connectivity index (χ1n) is 7.17. The Labute approximate surface area is 127 Å². The Morgan fingerprint density at radius 1 is 1.32 bits per heavy atom. The summed E-state index contributed by atoms with van der Waals surface area (Å²) < 4.78 is 42.7. The van der Waals surface area contributed by atoms with Gasteiger partial charge >= 0.3 is 6.18 Å². The molecule has 7 heteroatoms. The molecule has 0 bridgehead atoms. The molecule has 22 heavy (non-hydrogen) atoms. The molecule has 0 radical (unpaired) electrons. The highest BCUT2D eigenvalue weighted by Gasteiger charge is 2.33. The summed E-state index contributed by atoms with van der Waals surface area (Å²) in [5.74, 6) is 1.79. The number of hydrogen-bond acceptors (Lipinski definition) is 2. The number of guanidine groups is 1. The first-order valence-corrected chi connectivity index (χ1v) is 7.17. The van der Waals surface area contributed by atoms with Crippen LogP contribution in [-0.2, 0) is 6.18 Å². The molecule has 2 N–H and O–H groups in total. The van der Waals surface area contributed by atoms with Gasteiger partial charge in [-0.3, -0.25) is 4.99 Å². The summed E-state index contributed by atoms with van der Waals surface area (Å²) in [5.41, 5.74) is -0.680. The smallest absolute Gasteiger partial charge is 0.416 e. The van der Waals surface area contributed by atoms with Crippen LogP contribution < -0.4 is 15.4 Å². The Morgan fingerprint density at radius 2 is 1.95 bits per heavy atom. The van der Waals surface area contributed by atoms with E-state index in [1.807, 2.05) is 0 Å². The summed E-state index contributed by atoms with van der Waals surface area (Å²) in [6.07, 6.45) is -3.18. The molecule has 0 saturated heterocycles. The zero-order valence-corrected chi connectivity index (χ0v) is 12.6. The number of ether oxygens (including phenoxy) is 1. The van der Waals surface area contributed by atoms with Gasteiger partial charge in [0.15, 0.2) is 5.96 Å². The maximum Gasteiger partial charge on any atom is 0.416 e. The van der Waals surface area contributed by atoms with Crippen LogP contribution in [-0.4, -0.2) is 32.2 Å². The van der Waals surface area contributed by atoms with E-state index in [0.29, 0.717) is 36.8 Å². The molecule has 0 amide bonds. The molecule has 1 saturated carbocycles. The summed E-state index contributed by atoms with van der Waals surface area (Å²) in [4.78, 5) is 4.10. The minimum Gasteiger partial charge on any atom is -0.492 e. The number of alkyl halides is 3. The van der Waals surface area contributed by atoms with Gasteiger partial charge in [-0.25, -0.2) is 0 Å². The normalized spacial score (nSPS) is 21.4. The fourth-order valence-electron chi connectivity index (χ4n) is 1.97. The summed E-state index contributed by atoms with van der Waals surface area (Å²) >= 11 is 0. The molecule has 4 nitrogen and oxygen atoms in total. The summed E-state index contributed by atoms with van der Waals surface area (Å²) in [6.45, 7) is 3.02.